The number of nitrogens with one attached hydrogen (secondary N) is 1. The Kier molecular flexibility index (Phi) is 6.30. The molecule has 0 radical (unpaired) electrons. The smallest absolute Gasteiger partial charge is 0.311 e. The fraction of sp³-hybridized carbons (Fsp3) is 0.391. The average Bonchev–Trinajstić information content (AvgIpc) is 3.27. The number of amides is 1. The zero-order valence-corrected chi connectivity index (χ0v) is 17.3. The Morgan fingerprint density at radius 1 is 1.14 bits per heavy atom. The number of carboxylic acid groups (broad SMARTS) is 1. The van der Waals surface area contributed by atoms with E-state index in [0.29, 0.717) is 19.5 Å². The van der Waals surface area contributed by atoms with Crippen molar-refractivity contribution >= 4 is 30.0 Å². The summed E-state index contributed by atoms with van der Waals surface area (Å²) < 4.78 is 0. The van der Waals surface area contributed by atoms with Gasteiger partial charge in [-0.1, -0.05) is 55.0 Å². The highest BCUT2D eigenvalue weighted by Gasteiger charge is 2.55. The maximum atomic E-state index is 13.0. The number of carbonyl (C=O) groups excluding carboxylic acids is 1. The van der Waals surface area contributed by atoms with Gasteiger partial charge in [-0.2, -0.15) is 0 Å². The van der Waals surface area contributed by atoms with Crippen LogP contribution in [0.15, 0.2) is 54.6 Å². The summed E-state index contributed by atoms with van der Waals surface area (Å²) in [4.78, 5) is 26.9. The van der Waals surface area contributed by atoms with Crippen molar-refractivity contribution in [3.8, 4) is 11.1 Å². The predicted molar refractivity (Wildman–Crippen MR) is 116 cm³/mol. The highest BCUT2D eigenvalue weighted by atomic mass is 35.5. The zero-order valence-electron chi connectivity index (χ0n) is 16.5. The Morgan fingerprint density at radius 2 is 1.83 bits per heavy atom. The molecule has 2 aromatic rings. The summed E-state index contributed by atoms with van der Waals surface area (Å²) in [6.45, 7) is 3.01. The van der Waals surface area contributed by atoms with Gasteiger partial charge < -0.3 is 10.4 Å². The number of hydrogen-bond acceptors (Lipinski definition) is 3. The zero-order chi connectivity index (χ0) is 19.7. The van der Waals surface area contributed by atoms with Crippen molar-refractivity contribution in [1.82, 2.24) is 4.90 Å². The highest BCUT2D eigenvalue weighted by Crippen LogP contribution is 2.49. The van der Waals surface area contributed by atoms with Crippen LogP contribution in [0.4, 0.5) is 5.69 Å². The van der Waals surface area contributed by atoms with Crippen molar-refractivity contribution in [2.75, 3.05) is 18.4 Å². The van der Waals surface area contributed by atoms with Gasteiger partial charge in [-0.05, 0) is 37.3 Å². The SMILES string of the molecule is CC(C(=O)Nc1ccccc1-c1ccccc1)N1C[C@@H]2CCC[C@@]2(C(=O)O)C1.Cl. The molecular formula is C23H27ClN2O3. The normalized spacial score (nSPS) is 24.4. The summed E-state index contributed by atoms with van der Waals surface area (Å²) in [7, 11) is 0. The summed E-state index contributed by atoms with van der Waals surface area (Å²) in [5.74, 6) is -0.653. The first-order valence-corrected chi connectivity index (χ1v) is 9.94. The summed E-state index contributed by atoms with van der Waals surface area (Å²) in [6, 6.07) is 17.4. The fourth-order valence-electron chi connectivity index (χ4n) is 4.84. The number of carbonyl (C=O) groups is 2. The monoisotopic (exact) mass is 414 g/mol. The van der Waals surface area contributed by atoms with Crippen LogP contribution >= 0.6 is 12.4 Å². The molecule has 1 aliphatic heterocycles. The fourth-order valence-corrected chi connectivity index (χ4v) is 4.84. The van der Waals surface area contributed by atoms with Gasteiger partial charge in [0.05, 0.1) is 11.5 Å². The van der Waals surface area contributed by atoms with E-state index in [1.807, 2.05) is 66.4 Å². The quantitative estimate of drug-likeness (QED) is 0.765. The van der Waals surface area contributed by atoms with Crippen LogP contribution in [0, 0.1) is 11.3 Å². The van der Waals surface area contributed by atoms with Crippen LogP contribution in [-0.4, -0.2) is 41.0 Å². The van der Waals surface area contributed by atoms with Crippen molar-refractivity contribution in [2.24, 2.45) is 11.3 Å². The third kappa shape index (κ3) is 3.89. The molecule has 6 heteroatoms. The number of anilines is 1. The van der Waals surface area contributed by atoms with Gasteiger partial charge in [0.25, 0.3) is 0 Å². The standard InChI is InChI=1S/C23H26N2O3.ClH/c1-16(25-14-18-10-7-13-23(18,15-25)22(27)28)21(26)24-20-12-6-5-11-19(20)17-8-3-2-4-9-17;/h2-6,8-9,11-12,16,18H,7,10,13-15H2,1H3,(H,24,26)(H,27,28);1H/t16?,18-,23+;/m0./s1. The maximum absolute atomic E-state index is 13.0. The second kappa shape index (κ2) is 8.56. The van der Waals surface area contributed by atoms with Crippen molar-refractivity contribution < 1.29 is 14.7 Å². The molecule has 3 atom stereocenters. The lowest BCUT2D eigenvalue weighted by atomic mass is 9.81. The molecule has 1 saturated heterocycles. The van der Waals surface area contributed by atoms with Gasteiger partial charge in [-0.3, -0.25) is 14.5 Å². The van der Waals surface area contributed by atoms with E-state index in [-0.39, 0.29) is 30.3 Å². The molecule has 2 aliphatic rings. The molecule has 1 heterocycles. The lowest BCUT2D eigenvalue weighted by molar-refractivity contribution is -0.149. The largest absolute Gasteiger partial charge is 0.481 e. The molecule has 1 amide bonds. The Balaban J connectivity index is 0.00000240. The maximum Gasteiger partial charge on any atom is 0.311 e. The summed E-state index contributed by atoms with van der Waals surface area (Å²) in [5, 5.41) is 12.8. The van der Waals surface area contributed by atoms with Crippen LogP contribution < -0.4 is 5.32 Å². The summed E-state index contributed by atoms with van der Waals surface area (Å²) in [5.41, 5.74) is 2.13. The molecule has 5 nitrogen and oxygen atoms in total. The molecule has 0 bridgehead atoms. The Morgan fingerprint density at radius 3 is 2.52 bits per heavy atom. The lowest BCUT2D eigenvalue weighted by Crippen LogP contribution is -2.43. The number of likely N-dealkylation sites (tertiary alicyclic amines) is 1. The third-order valence-corrected chi connectivity index (χ3v) is 6.52. The molecule has 4 rings (SSSR count). The van der Waals surface area contributed by atoms with Gasteiger partial charge in [0.1, 0.15) is 0 Å². The van der Waals surface area contributed by atoms with E-state index in [4.69, 9.17) is 0 Å². The van der Waals surface area contributed by atoms with Gasteiger partial charge in [-0.15, -0.1) is 12.4 Å². The molecule has 0 spiro atoms. The first-order valence-electron chi connectivity index (χ1n) is 9.94. The van der Waals surface area contributed by atoms with Crippen LogP contribution in [0.5, 0.6) is 0 Å². The van der Waals surface area contributed by atoms with Gasteiger partial charge in [-0.25, -0.2) is 0 Å². The molecule has 0 aromatic heterocycles. The second-order valence-electron chi connectivity index (χ2n) is 8.06. The summed E-state index contributed by atoms with van der Waals surface area (Å²) in [6.07, 6.45) is 2.62. The number of nitrogens with zero attached hydrogens (tertiary/aromatic N) is 1. The van der Waals surface area contributed by atoms with E-state index < -0.39 is 11.4 Å². The minimum atomic E-state index is -0.709. The number of rotatable bonds is 5. The van der Waals surface area contributed by atoms with Gasteiger partial charge in [0.15, 0.2) is 0 Å². The molecule has 1 unspecified atom stereocenters. The van der Waals surface area contributed by atoms with Crippen LogP contribution in [-0.2, 0) is 9.59 Å². The van der Waals surface area contributed by atoms with Crippen LogP contribution in [0.25, 0.3) is 11.1 Å². The van der Waals surface area contributed by atoms with Gasteiger partial charge in [0, 0.05) is 24.3 Å². The lowest BCUT2D eigenvalue weighted by Gasteiger charge is -2.27. The number of para-hydroxylation sites is 1. The molecule has 2 N–H and O–H groups in total. The molecule has 29 heavy (non-hydrogen) atoms. The van der Waals surface area contributed by atoms with Gasteiger partial charge in [0.2, 0.25) is 5.91 Å². The summed E-state index contributed by atoms with van der Waals surface area (Å²) >= 11 is 0. The van der Waals surface area contributed by atoms with Crippen LogP contribution in [0.2, 0.25) is 0 Å². The van der Waals surface area contributed by atoms with Crippen molar-refractivity contribution in [1.29, 1.82) is 0 Å². The minimum Gasteiger partial charge on any atom is -0.481 e. The topological polar surface area (TPSA) is 69.6 Å². The van der Waals surface area contributed by atoms with E-state index in [1.165, 1.54) is 0 Å². The molecule has 2 aromatic carbocycles. The molecule has 2 fully saturated rings. The first kappa shape index (κ1) is 21.3. The van der Waals surface area contributed by atoms with E-state index >= 15 is 0 Å². The van der Waals surface area contributed by atoms with Crippen molar-refractivity contribution in [3.05, 3.63) is 54.6 Å². The number of hydrogen-bond donors (Lipinski definition) is 2. The van der Waals surface area contributed by atoms with E-state index in [0.717, 1.165) is 29.7 Å². The third-order valence-electron chi connectivity index (χ3n) is 6.52. The average molecular weight is 415 g/mol. The predicted octanol–water partition coefficient (Wildman–Crippen LogP) is 4.29. The van der Waals surface area contributed by atoms with Gasteiger partial charge >= 0.3 is 5.97 Å². The molecule has 1 aliphatic carbocycles. The number of carboxylic acids is 1. The Hall–Kier alpha value is -2.37. The number of halogens is 1. The van der Waals surface area contributed by atoms with Crippen molar-refractivity contribution in [2.45, 2.75) is 32.2 Å². The molecule has 1 saturated carbocycles. The van der Waals surface area contributed by atoms with E-state index in [2.05, 4.69) is 5.32 Å². The number of benzene rings is 2. The second-order valence-corrected chi connectivity index (χ2v) is 8.06. The highest BCUT2D eigenvalue weighted by molar-refractivity contribution is 5.98. The van der Waals surface area contributed by atoms with Crippen LogP contribution in [0.1, 0.15) is 26.2 Å². The number of aliphatic carboxylic acids is 1. The van der Waals surface area contributed by atoms with Crippen LogP contribution in [0.3, 0.4) is 0 Å². The van der Waals surface area contributed by atoms with E-state index in [1.54, 1.807) is 0 Å². The number of fused-ring (bicyclic) bond motifs is 1. The van der Waals surface area contributed by atoms with Crippen molar-refractivity contribution in [3.63, 3.8) is 0 Å². The first-order chi connectivity index (χ1) is 13.5. The Labute approximate surface area is 177 Å². The molecule has 154 valence electrons. The Bertz CT molecular complexity index is 889. The minimum absolute atomic E-state index is 0. The molecular weight excluding hydrogens is 388 g/mol. The van der Waals surface area contributed by atoms with E-state index in [9.17, 15) is 14.7 Å².